The van der Waals surface area contributed by atoms with Gasteiger partial charge in [0.25, 0.3) is 0 Å². The second-order valence-electron chi connectivity index (χ2n) is 9.08. The molecule has 4 rings (SSSR count). The molecule has 1 aliphatic heterocycles. The molecule has 1 unspecified atom stereocenters. The standard InChI is InChI=1S/C26H30N3O4P.C2HF3O2/c27-18-10-9-17-24(28)25(30)29-19-20-11-7-8-16-23(20)26(29)34(31,32-21-12-3-1-4-13-21)33-22-14-5-2-6-15-22;3-2(4,5)1(6)7/h1-8,11-16,24,26H,9-10,17-19,27-28H2;(H,6,7)/t24-,26?;/m0./s1. The lowest BCUT2D eigenvalue weighted by molar-refractivity contribution is -0.192. The number of carbonyl (C=O) groups is 2. The summed E-state index contributed by atoms with van der Waals surface area (Å²) < 4.78 is 58.5. The van der Waals surface area contributed by atoms with Crippen molar-refractivity contribution in [2.24, 2.45) is 11.5 Å². The monoisotopic (exact) mass is 593 g/mol. The number of carbonyl (C=O) groups excluding carboxylic acids is 1. The average molecular weight is 594 g/mol. The first-order chi connectivity index (χ1) is 19.5. The molecule has 3 aromatic carbocycles. The van der Waals surface area contributed by atoms with E-state index in [0.29, 0.717) is 24.5 Å². The van der Waals surface area contributed by atoms with Gasteiger partial charge < -0.3 is 30.5 Å². The van der Waals surface area contributed by atoms with Crippen LogP contribution >= 0.6 is 7.60 Å². The molecule has 2 atom stereocenters. The Labute approximate surface area is 235 Å². The summed E-state index contributed by atoms with van der Waals surface area (Å²) >= 11 is 0. The highest BCUT2D eigenvalue weighted by atomic mass is 31.2. The lowest BCUT2D eigenvalue weighted by Gasteiger charge is -2.32. The van der Waals surface area contributed by atoms with Crippen molar-refractivity contribution in [3.63, 3.8) is 0 Å². The molecule has 1 amide bonds. The predicted molar refractivity (Wildman–Crippen MR) is 146 cm³/mol. The van der Waals surface area contributed by atoms with E-state index >= 15 is 0 Å². The summed E-state index contributed by atoms with van der Waals surface area (Å²) in [5.74, 6) is -3.19. The molecule has 5 N–H and O–H groups in total. The Balaban J connectivity index is 0.000000587. The maximum Gasteiger partial charge on any atom is 0.490 e. The number of unbranched alkanes of at least 4 members (excludes halogenated alkanes) is 1. The van der Waals surface area contributed by atoms with Gasteiger partial charge in [-0.2, -0.15) is 13.2 Å². The summed E-state index contributed by atoms with van der Waals surface area (Å²) in [4.78, 5) is 23.9. The minimum absolute atomic E-state index is 0.282. The average Bonchev–Trinajstić information content (AvgIpc) is 3.34. The number of aliphatic carboxylic acids is 1. The first kappa shape index (κ1) is 31.7. The van der Waals surface area contributed by atoms with E-state index in [-0.39, 0.29) is 12.5 Å². The lowest BCUT2D eigenvalue weighted by atomic mass is 10.1. The van der Waals surface area contributed by atoms with Crippen molar-refractivity contribution >= 4 is 19.5 Å². The van der Waals surface area contributed by atoms with Crippen molar-refractivity contribution in [3.05, 3.63) is 96.1 Å². The lowest BCUT2D eigenvalue weighted by Crippen LogP contribution is -2.43. The fourth-order valence-electron chi connectivity index (χ4n) is 4.13. The Kier molecular flexibility index (Phi) is 10.9. The Hall–Kier alpha value is -3.86. The minimum atomic E-state index is -5.08. The number of fused-ring (bicyclic) bond motifs is 1. The van der Waals surface area contributed by atoms with E-state index in [0.717, 1.165) is 24.0 Å². The van der Waals surface area contributed by atoms with Crippen LogP contribution < -0.4 is 20.5 Å². The second kappa shape index (κ2) is 14.2. The van der Waals surface area contributed by atoms with Gasteiger partial charge in [-0.25, -0.2) is 9.36 Å². The van der Waals surface area contributed by atoms with Gasteiger partial charge in [-0.15, -0.1) is 0 Å². The van der Waals surface area contributed by atoms with Gasteiger partial charge >= 0.3 is 19.7 Å². The third-order valence-corrected chi connectivity index (χ3v) is 8.12. The van der Waals surface area contributed by atoms with Crippen LogP contribution in [0.2, 0.25) is 0 Å². The third kappa shape index (κ3) is 8.56. The Morgan fingerprint density at radius 1 is 0.927 bits per heavy atom. The van der Waals surface area contributed by atoms with Crippen LogP contribution in [0, 0.1) is 0 Å². The smallest absolute Gasteiger partial charge is 0.475 e. The van der Waals surface area contributed by atoms with Gasteiger partial charge in [-0.05, 0) is 54.8 Å². The van der Waals surface area contributed by atoms with Gasteiger partial charge in [0.2, 0.25) is 5.91 Å². The number of carboxylic acids is 1. The summed E-state index contributed by atoms with van der Waals surface area (Å²) in [5, 5.41) is 7.12. The molecule has 0 bridgehead atoms. The molecule has 41 heavy (non-hydrogen) atoms. The number of nitrogens with zero attached hydrogens (tertiary/aromatic N) is 1. The van der Waals surface area contributed by atoms with Crippen molar-refractivity contribution in [3.8, 4) is 11.5 Å². The molecule has 0 radical (unpaired) electrons. The van der Waals surface area contributed by atoms with Crippen LogP contribution in [0.15, 0.2) is 84.9 Å². The SMILES string of the molecule is NCCCC[C@H](N)C(=O)N1Cc2ccccc2C1P(=O)(Oc1ccccc1)Oc1ccccc1.O=C(O)C(F)(F)F. The van der Waals surface area contributed by atoms with Crippen LogP contribution in [0.1, 0.15) is 36.2 Å². The zero-order valence-electron chi connectivity index (χ0n) is 21.9. The second-order valence-corrected chi connectivity index (χ2v) is 11.0. The van der Waals surface area contributed by atoms with E-state index in [9.17, 15) is 22.5 Å². The predicted octanol–water partition coefficient (Wildman–Crippen LogP) is 5.47. The normalized spacial score (nSPS) is 15.2. The topological polar surface area (TPSA) is 145 Å². The number of amides is 1. The molecule has 0 fully saturated rings. The highest BCUT2D eigenvalue weighted by Gasteiger charge is 2.51. The molecular weight excluding hydrogens is 562 g/mol. The van der Waals surface area contributed by atoms with Gasteiger partial charge in [0.15, 0.2) is 5.78 Å². The van der Waals surface area contributed by atoms with Gasteiger partial charge in [-0.1, -0.05) is 67.1 Å². The van der Waals surface area contributed by atoms with E-state index < -0.39 is 31.6 Å². The molecular formula is C28H31F3N3O6P. The molecule has 13 heteroatoms. The van der Waals surface area contributed by atoms with Crippen molar-refractivity contribution in [2.45, 2.75) is 43.8 Å². The van der Waals surface area contributed by atoms with E-state index in [1.165, 1.54) is 0 Å². The number of halogens is 3. The largest absolute Gasteiger partial charge is 0.490 e. The highest BCUT2D eigenvalue weighted by molar-refractivity contribution is 7.55. The van der Waals surface area contributed by atoms with Crippen molar-refractivity contribution in [1.82, 2.24) is 4.90 Å². The first-order valence-corrected chi connectivity index (χ1v) is 14.3. The van der Waals surface area contributed by atoms with Crippen LogP contribution in [-0.2, 0) is 20.7 Å². The van der Waals surface area contributed by atoms with Crippen LogP contribution in [-0.4, -0.2) is 40.6 Å². The minimum Gasteiger partial charge on any atom is -0.475 e. The van der Waals surface area contributed by atoms with Crippen LogP contribution in [0.5, 0.6) is 11.5 Å². The van der Waals surface area contributed by atoms with Gasteiger partial charge in [0, 0.05) is 6.54 Å². The van der Waals surface area contributed by atoms with Crippen molar-refractivity contribution in [2.75, 3.05) is 6.54 Å². The maximum atomic E-state index is 14.6. The van der Waals surface area contributed by atoms with E-state index in [4.69, 9.17) is 30.4 Å². The summed E-state index contributed by atoms with van der Waals surface area (Å²) in [6.07, 6.45) is -3.05. The first-order valence-electron chi connectivity index (χ1n) is 12.7. The molecule has 1 aliphatic rings. The summed E-state index contributed by atoms with van der Waals surface area (Å²) in [7, 11) is -3.99. The van der Waals surface area contributed by atoms with Gasteiger partial charge in [0.1, 0.15) is 11.5 Å². The number of carboxylic acid groups (broad SMARTS) is 1. The quantitative estimate of drug-likeness (QED) is 0.207. The Morgan fingerprint density at radius 3 is 1.90 bits per heavy atom. The zero-order chi connectivity index (χ0) is 30.0. The molecule has 1 heterocycles. The molecule has 0 aromatic heterocycles. The number of rotatable bonds is 10. The number of alkyl halides is 3. The fraction of sp³-hybridized carbons (Fsp3) is 0.286. The van der Waals surface area contributed by atoms with Gasteiger partial charge in [0.05, 0.1) is 6.04 Å². The number of para-hydroxylation sites is 2. The Morgan fingerprint density at radius 2 is 1.41 bits per heavy atom. The number of benzene rings is 3. The molecule has 0 saturated carbocycles. The van der Waals surface area contributed by atoms with Crippen LogP contribution in [0.25, 0.3) is 0 Å². The molecule has 220 valence electrons. The summed E-state index contributed by atoms with van der Waals surface area (Å²) in [6, 6.07) is 24.5. The summed E-state index contributed by atoms with van der Waals surface area (Å²) in [6.45, 7) is 0.828. The highest BCUT2D eigenvalue weighted by Crippen LogP contribution is 2.64. The van der Waals surface area contributed by atoms with E-state index in [2.05, 4.69) is 0 Å². The molecule has 0 saturated heterocycles. The van der Waals surface area contributed by atoms with E-state index in [1.807, 2.05) is 36.4 Å². The summed E-state index contributed by atoms with van der Waals surface area (Å²) in [5.41, 5.74) is 13.5. The van der Waals surface area contributed by atoms with Gasteiger partial charge in [-0.3, -0.25) is 4.79 Å². The molecule has 0 spiro atoms. The van der Waals surface area contributed by atoms with Crippen LogP contribution in [0.3, 0.4) is 0 Å². The number of hydrogen-bond acceptors (Lipinski definition) is 7. The third-order valence-electron chi connectivity index (χ3n) is 6.03. The van der Waals surface area contributed by atoms with E-state index in [1.54, 1.807) is 53.4 Å². The van der Waals surface area contributed by atoms with Crippen molar-refractivity contribution < 1.29 is 41.5 Å². The molecule has 3 aromatic rings. The zero-order valence-corrected chi connectivity index (χ0v) is 22.8. The Bertz CT molecular complexity index is 1300. The number of hydrogen-bond donors (Lipinski definition) is 3. The number of nitrogens with two attached hydrogens (primary N) is 2. The molecule has 0 aliphatic carbocycles. The maximum absolute atomic E-state index is 14.6. The fourth-order valence-corrected chi connectivity index (χ4v) is 6.33. The molecule has 9 nitrogen and oxygen atoms in total. The van der Waals surface area contributed by atoms with Crippen LogP contribution in [0.4, 0.5) is 13.2 Å². The van der Waals surface area contributed by atoms with Crippen molar-refractivity contribution in [1.29, 1.82) is 0 Å².